The first-order chi connectivity index (χ1) is 4.88. The van der Waals surface area contributed by atoms with Gasteiger partial charge in [0.1, 0.15) is 0 Å². The molecule has 0 aromatic heterocycles. The van der Waals surface area contributed by atoms with Crippen LogP contribution in [0.1, 0.15) is 6.92 Å². The maximum atomic E-state index is 10.7. The Labute approximate surface area is 79.7 Å². The van der Waals surface area contributed by atoms with Crippen molar-refractivity contribution in [2.45, 2.75) is 16.8 Å². The zero-order valence-electron chi connectivity index (χ0n) is 5.61. The highest BCUT2D eigenvalue weighted by Crippen LogP contribution is 2.27. The molecule has 0 aliphatic carbocycles. The fourth-order valence-electron chi connectivity index (χ4n) is 0.261. The Morgan fingerprint density at radius 2 is 2.09 bits per heavy atom. The van der Waals surface area contributed by atoms with Gasteiger partial charge < -0.3 is 4.74 Å². The minimum atomic E-state index is -2.05. The van der Waals surface area contributed by atoms with Crippen molar-refractivity contribution in [2.24, 2.45) is 0 Å². The Bertz CT molecular complexity index is 189. The van der Waals surface area contributed by atoms with Crippen molar-refractivity contribution in [3.8, 4) is 12.3 Å². The van der Waals surface area contributed by atoms with Crippen molar-refractivity contribution in [3.63, 3.8) is 0 Å². The van der Waals surface area contributed by atoms with Crippen LogP contribution in [0.15, 0.2) is 0 Å². The summed E-state index contributed by atoms with van der Waals surface area (Å²) in [6.07, 6.45) is 4.22. The van der Waals surface area contributed by atoms with Gasteiger partial charge in [-0.2, -0.15) is 0 Å². The third kappa shape index (κ3) is 4.36. The van der Waals surface area contributed by atoms with Crippen LogP contribution in [-0.2, 0) is 9.53 Å². The summed E-state index contributed by atoms with van der Waals surface area (Å²) in [6.45, 7) is 1.49. The summed E-state index contributed by atoms with van der Waals surface area (Å²) in [5, 5.41) is 0. The number of alkyl halides is 3. The smallest absolute Gasteiger partial charge is 0.359 e. The second-order valence-electron chi connectivity index (χ2n) is 1.71. The molecule has 0 rings (SSSR count). The first-order valence-electron chi connectivity index (χ1n) is 2.62. The summed E-state index contributed by atoms with van der Waals surface area (Å²) in [6, 6.07) is 0. The molecule has 0 radical (unpaired) electrons. The Balaban J connectivity index is 4.01. The minimum absolute atomic E-state index is 0.682. The van der Waals surface area contributed by atoms with Crippen LogP contribution in [-0.4, -0.2) is 15.9 Å². The van der Waals surface area contributed by atoms with Gasteiger partial charge in [-0.05, 0) is 6.92 Å². The van der Waals surface area contributed by atoms with E-state index in [0.717, 1.165) is 0 Å². The highest BCUT2D eigenvalue weighted by molar-refractivity contribution is 6.75. The summed E-state index contributed by atoms with van der Waals surface area (Å²) in [7, 11) is 0. The summed E-state index contributed by atoms with van der Waals surface area (Å²) in [5.74, 6) is 1.18. The van der Waals surface area contributed by atoms with Gasteiger partial charge >= 0.3 is 5.97 Å². The number of terminal acetylenes is 1. The molecule has 1 unspecified atom stereocenters. The number of hydrogen-bond donors (Lipinski definition) is 0. The van der Waals surface area contributed by atoms with Crippen molar-refractivity contribution in [1.29, 1.82) is 0 Å². The number of halogens is 3. The van der Waals surface area contributed by atoms with E-state index in [9.17, 15) is 4.79 Å². The van der Waals surface area contributed by atoms with Crippen molar-refractivity contribution in [1.82, 2.24) is 0 Å². The number of ether oxygens (including phenoxy) is 1. The van der Waals surface area contributed by atoms with Crippen molar-refractivity contribution >= 4 is 40.8 Å². The Kier molecular flexibility index (Phi) is 4.02. The maximum Gasteiger partial charge on any atom is 0.359 e. The molecule has 0 heterocycles. The molecule has 0 bridgehead atoms. The van der Waals surface area contributed by atoms with Crippen LogP contribution in [0, 0.1) is 12.3 Å². The molecule has 0 N–H and O–H groups in total. The van der Waals surface area contributed by atoms with E-state index < -0.39 is 15.9 Å². The lowest BCUT2D eigenvalue weighted by atomic mass is 10.4. The summed E-state index contributed by atoms with van der Waals surface area (Å²) in [5.41, 5.74) is 0. The lowest BCUT2D eigenvalue weighted by Gasteiger charge is -2.11. The first-order valence-corrected chi connectivity index (χ1v) is 3.75. The van der Waals surface area contributed by atoms with Crippen molar-refractivity contribution < 1.29 is 9.53 Å². The van der Waals surface area contributed by atoms with E-state index in [4.69, 9.17) is 41.2 Å². The molecule has 0 aromatic carbocycles. The molecule has 0 aromatic rings. The number of esters is 1. The average Bonchev–Trinajstić information content (AvgIpc) is 1.85. The molecular weight excluding hydrogens is 210 g/mol. The zero-order chi connectivity index (χ0) is 9.07. The molecule has 0 fully saturated rings. The monoisotopic (exact) mass is 214 g/mol. The van der Waals surface area contributed by atoms with Gasteiger partial charge in [0.05, 0.1) is 0 Å². The summed E-state index contributed by atoms with van der Waals surface area (Å²) >= 11 is 15.5. The van der Waals surface area contributed by atoms with E-state index in [-0.39, 0.29) is 0 Å². The molecule has 0 saturated carbocycles. The Morgan fingerprint density at radius 1 is 1.64 bits per heavy atom. The van der Waals surface area contributed by atoms with Crippen LogP contribution >= 0.6 is 34.8 Å². The van der Waals surface area contributed by atoms with Crippen LogP contribution in [0.4, 0.5) is 0 Å². The van der Waals surface area contributed by atoms with Gasteiger partial charge in [0, 0.05) is 0 Å². The maximum absolute atomic E-state index is 10.7. The summed E-state index contributed by atoms with van der Waals surface area (Å²) < 4.78 is 2.44. The summed E-state index contributed by atoms with van der Waals surface area (Å²) in [4.78, 5) is 10.7. The Hall–Kier alpha value is -0.100. The first kappa shape index (κ1) is 10.9. The van der Waals surface area contributed by atoms with Gasteiger partial charge in [0.25, 0.3) is 3.79 Å². The van der Waals surface area contributed by atoms with Crippen LogP contribution in [0.2, 0.25) is 0 Å². The molecule has 0 aliphatic rings. The van der Waals surface area contributed by atoms with E-state index in [2.05, 4.69) is 10.7 Å². The molecule has 0 amide bonds. The third-order valence-corrected chi connectivity index (χ3v) is 1.21. The fourth-order valence-corrected chi connectivity index (χ4v) is 0.395. The second-order valence-corrected chi connectivity index (χ2v) is 3.99. The van der Waals surface area contributed by atoms with E-state index in [0.29, 0.717) is 0 Å². The molecule has 0 spiro atoms. The SMILES string of the molecule is C#CC(C)OC(=O)C(Cl)(Cl)Cl. The lowest BCUT2D eigenvalue weighted by molar-refractivity contribution is -0.144. The quantitative estimate of drug-likeness (QED) is 0.379. The largest absolute Gasteiger partial charge is 0.446 e. The van der Waals surface area contributed by atoms with Gasteiger partial charge in [0.15, 0.2) is 6.10 Å². The molecule has 0 saturated heterocycles. The standard InChI is InChI=1S/C6H5Cl3O2/c1-3-4(2)11-5(10)6(7,8)9/h1,4H,2H3. The second kappa shape index (κ2) is 4.06. The van der Waals surface area contributed by atoms with Gasteiger partial charge in [-0.25, -0.2) is 4.79 Å². The van der Waals surface area contributed by atoms with Gasteiger partial charge in [-0.15, -0.1) is 6.42 Å². The Morgan fingerprint density at radius 3 is 2.36 bits per heavy atom. The number of rotatable bonds is 1. The molecule has 11 heavy (non-hydrogen) atoms. The highest BCUT2D eigenvalue weighted by Gasteiger charge is 2.33. The van der Waals surface area contributed by atoms with Crippen LogP contribution in [0.5, 0.6) is 0 Å². The van der Waals surface area contributed by atoms with E-state index in [1.807, 2.05) is 0 Å². The fraction of sp³-hybridized carbons (Fsp3) is 0.500. The van der Waals surface area contributed by atoms with Crippen molar-refractivity contribution in [2.75, 3.05) is 0 Å². The number of carbonyl (C=O) groups excluding carboxylic acids is 1. The average molecular weight is 215 g/mol. The number of hydrogen-bond acceptors (Lipinski definition) is 2. The molecule has 2 nitrogen and oxygen atoms in total. The van der Waals surface area contributed by atoms with Gasteiger partial charge in [-0.1, -0.05) is 40.7 Å². The van der Waals surface area contributed by atoms with E-state index >= 15 is 0 Å². The predicted octanol–water partition coefficient (Wildman–Crippen LogP) is 1.92. The molecule has 5 heteroatoms. The van der Waals surface area contributed by atoms with Crippen LogP contribution in [0.25, 0.3) is 0 Å². The van der Waals surface area contributed by atoms with Crippen LogP contribution in [0.3, 0.4) is 0 Å². The predicted molar refractivity (Wildman–Crippen MR) is 44.7 cm³/mol. The lowest BCUT2D eigenvalue weighted by Crippen LogP contribution is -2.25. The van der Waals surface area contributed by atoms with Crippen LogP contribution < -0.4 is 0 Å². The number of carbonyl (C=O) groups is 1. The minimum Gasteiger partial charge on any atom is -0.446 e. The molecular formula is C6H5Cl3O2. The topological polar surface area (TPSA) is 26.3 Å². The molecule has 1 atom stereocenters. The third-order valence-electron chi connectivity index (χ3n) is 0.750. The van der Waals surface area contributed by atoms with Gasteiger partial charge in [-0.3, -0.25) is 0 Å². The van der Waals surface area contributed by atoms with Gasteiger partial charge in [0.2, 0.25) is 0 Å². The van der Waals surface area contributed by atoms with E-state index in [1.54, 1.807) is 0 Å². The zero-order valence-corrected chi connectivity index (χ0v) is 7.87. The van der Waals surface area contributed by atoms with Crippen molar-refractivity contribution in [3.05, 3.63) is 0 Å². The van der Waals surface area contributed by atoms with E-state index in [1.165, 1.54) is 6.92 Å². The highest BCUT2D eigenvalue weighted by atomic mass is 35.6. The molecule has 62 valence electrons. The molecule has 0 aliphatic heterocycles. The normalized spacial score (nSPS) is 13.4.